The van der Waals surface area contributed by atoms with Crippen LogP contribution in [0.5, 0.6) is 0 Å². The second kappa shape index (κ2) is 7.41. The van der Waals surface area contributed by atoms with Crippen LogP contribution in [0.15, 0.2) is 30.3 Å². The van der Waals surface area contributed by atoms with Crippen molar-refractivity contribution in [2.24, 2.45) is 5.92 Å². The first-order valence-corrected chi connectivity index (χ1v) is 9.73. The van der Waals surface area contributed by atoms with Crippen LogP contribution in [0.2, 0.25) is 0 Å². The third-order valence-electron chi connectivity index (χ3n) is 4.38. The average Bonchev–Trinajstić information content (AvgIpc) is 2.46. The minimum Gasteiger partial charge on any atom is -0.313 e. The van der Waals surface area contributed by atoms with Crippen molar-refractivity contribution in [1.29, 1.82) is 0 Å². The monoisotopic (exact) mass is 309 g/mol. The zero-order chi connectivity index (χ0) is 15.3. The Bertz CT molecular complexity index is 525. The van der Waals surface area contributed by atoms with Crippen LogP contribution in [0, 0.1) is 5.92 Å². The van der Waals surface area contributed by atoms with E-state index in [1.54, 1.807) is 0 Å². The molecule has 1 aliphatic carbocycles. The van der Waals surface area contributed by atoms with E-state index < -0.39 is 9.84 Å². The molecule has 1 aromatic carbocycles. The standard InChI is InChI=1S/C17H27NO2S/c1-3-11-18-16-10-9-14(2)12-17(16)21(19,20)13-15-7-5-4-6-8-15/h4-8,14,16-18H,3,9-13H2,1-2H3. The van der Waals surface area contributed by atoms with Crippen LogP contribution in [0.4, 0.5) is 0 Å². The Labute approximate surface area is 129 Å². The first-order chi connectivity index (χ1) is 10.0. The summed E-state index contributed by atoms with van der Waals surface area (Å²) in [5.41, 5.74) is 0.893. The van der Waals surface area contributed by atoms with E-state index in [-0.39, 0.29) is 17.0 Å². The predicted molar refractivity (Wildman–Crippen MR) is 88.0 cm³/mol. The molecule has 1 aliphatic rings. The summed E-state index contributed by atoms with van der Waals surface area (Å²) in [6.45, 7) is 5.18. The second-order valence-corrected chi connectivity index (χ2v) is 8.53. The van der Waals surface area contributed by atoms with Gasteiger partial charge in [0.25, 0.3) is 0 Å². The van der Waals surface area contributed by atoms with Gasteiger partial charge in [-0.25, -0.2) is 8.42 Å². The summed E-state index contributed by atoms with van der Waals surface area (Å²) in [5.74, 6) is 0.662. The third kappa shape index (κ3) is 4.55. The maximum atomic E-state index is 12.8. The summed E-state index contributed by atoms with van der Waals surface area (Å²) < 4.78 is 25.7. The molecular formula is C17H27NO2S. The molecule has 0 aliphatic heterocycles. The Hall–Kier alpha value is -0.870. The Morgan fingerprint density at radius 2 is 1.90 bits per heavy atom. The van der Waals surface area contributed by atoms with Crippen LogP contribution < -0.4 is 5.32 Å². The molecule has 2 rings (SSSR count). The van der Waals surface area contributed by atoms with Crippen LogP contribution in [-0.2, 0) is 15.6 Å². The molecule has 3 atom stereocenters. The summed E-state index contributed by atoms with van der Waals surface area (Å²) in [4.78, 5) is 0. The van der Waals surface area contributed by atoms with E-state index in [1.165, 1.54) is 0 Å². The van der Waals surface area contributed by atoms with Crippen molar-refractivity contribution < 1.29 is 8.42 Å². The van der Waals surface area contributed by atoms with Gasteiger partial charge < -0.3 is 5.32 Å². The SMILES string of the molecule is CCCNC1CCC(C)CC1S(=O)(=O)Cc1ccccc1. The number of hydrogen-bond donors (Lipinski definition) is 1. The quantitative estimate of drug-likeness (QED) is 0.878. The fourth-order valence-electron chi connectivity index (χ4n) is 3.20. The van der Waals surface area contributed by atoms with Gasteiger partial charge in [-0.15, -0.1) is 0 Å². The molecule has 1 N–H and O–H groups in total. The van der Waals surface area contributed by atoms with Gasteiger partial charge in [0, 0.05) is 6.04 Å². The summed E-state index contributed by atoms with van der Waals surface area (Å²) in [6, 6.07) is 9.65. The van der Waals surface area contributed by atoms with Crippen molar-refractivity contribution in [1.82, 2.24) is 5.32 Å². The molecule has 0 bridgehead atoms. The zero-order valence-electron chi connectivity index (χ0n) is 13.1. The van der Waals surface area contributed by atoms with E-state index in [1.807, 2.05) is 30.3 Å². The van der Waals surface area contributed by atoms with Gasteiger partial charge in [-0.2, -0.15) is 0 Å². The summed E-state index contributed by atoms with van der Waals surface area (Å²) in [7, 11) is -3.11. The molecule has 3 unspecified atom stereocenters. The van der Waals surface area contributed by atoms with E-state index in [9.17, 15) is 8.42 Å². The molecule has 1 aromatic rings. The smallest absolute Gasteiger partial charge is 0.158 e. The molecule has 1 saturated carbocycles. The molecule has 0 saturated heterocycles. The lowest BCUT2D eigenvalue weighted by molar-refractivity contribution is 0.308. The van der Waals surface area contributed by atoms with Crippen molar-refractivity contribution in [2.45, 2.75) is 56.6 Å². The normalized spacial score (nSPS) is 26.7. The van der Waals surface area contributed by atoms with Gasteiger partial charge in [-0.3, -0.25) is 0 Å². The number of benzene rings is 1. The number of sulfone groups is 1. The minimum atomic E-state index is -3.11. The largest absolute Gasteiger partial charge is 0.313 e. The first kappa shape index (κ1) is 16.5. The summed E-state index contributed by atoms with van der Waals surface area (Å²) >= 11 is 0. The molecule has 0 aromatic heterocycles. The van der Waals surface area contributed by atoms with Gasteiger partial charge in [0.1, 0.15) is 0 Å². The highest BCUT2D eigenvalue weighted by molar-refractivity contribution is 7.91. The van der Waals surface area contributed by atoms with Crippen LogP contribution >= 0.6 is 0 Å². The predicted octanol–water partition coefficient (Wildman–Crippen LogP) is 3.16. The van der Waals surface area contributed by atoms with Crippen molar-refractivity contribution >= 4 is 9.84 Å². The minimum absolute atomic E-state index is 0.120. The first-order valence-electron chi connectivity index (χ1n) is 8.01. The van der Waals surface area contributed by atoms with E-state index in [4.69, 9.17) is 0 Å². The van der Waals surface area contributed by atoms with Gasteiger partial charge in [0.15, 0.2) is 9.84 Å². The fourth-order valence-corrected chi connectivity index (χ4v) is 5.43. The molecule has 118 valence electrons. The van der Waals surface area contributed by atoms with Gasteiger partial charge in [0.2, 0.25) is 0 Å². The van der Waals surface area contributed by atoms with E-state index in [2.05, 4.69) is 19.2 Å². The zero-order valence-corrected chi connectivity index (χ0v) is 13.9. The van der Waals surface area contributed by atoms with Crippen molar-refractivity contribution in [3.63, 3.8) is 0 Å². The molecule has 0 spiro atoms. The lowest BCUT2D eigenvalue weighted by Crippen LogP contribution is -2.48. The molecule has 0 radical (unpaired) electrons. The van der Waals surface area contributed by atoms with Crippen molar-refractivity contribution in [2.75, 3.05) is 6.54 Å². The van der Waals surface area contributed by atoms with Crippen molar-refractivity contribution in [3.8, 4) is 0 Å². The molecule has 0 amide bonds. The Balaban J connectivity index is 2.13. The van der Waals surface area contributed by atoms with E-state index in [0.29, 0.717) is 5.92 Å². The van der Waals surface area contributed by atoms with Gasteiger partial charge in [0.05, 0.1) is 11.0 Å². The Morgan fingerprint density at radius 3 is 2.57 bits per heavy atom. The number of rotatable bonds is 6. The average molecular weight is 309 g/mol. The highest BCUT2D eigenvalue weighted by Gasteiger charge is 2.37. The number of hydrogen-bond acceptors (Lipinski definition) is 3. The molecule has 4 heteroatoms. The third-order valence-corrected chi connectivity index (χ3v) is 6.56. The molecule has 21 heavy (non-hydrogen) atoms. The van der Waals surface area contributed by atoms with Crippen LogP contribution in [0.1, 0.15) is 45.1 Å². The van der Waals surface area contributed by atoms with Gasteiger partial charge in [-0.05, 0) is 43.7 Å². The molecule has 0 heterocycles. The summed E-state index contributed by atoms with van der Waals surface area (Å²) in [6.07, 6.45) is 3.92. The Kier molecular flexibility index (Phi) is 5.82. The highest BCUT2D eigenvalue weighted by Crippen LogP contribution is 2.30. The number of nitrogens with one attached hydrogen (secondary N) is 1. The summed E-state index contributed by atoms with van der Waals surface area (Å²) in [5, 5.41) is 3.21. The molecule has 1 fully saturated rings. The van der Waals surface area contributed by atoms with E-state index >= 15 is 0 Å². The van der Waals surface area contributed by atoms with Crippen LogP contribution in [-0.4, -0.2) is 26.3 Å². The second-order valence-electron chi connectivity index (χ2n) is 6.31. The topological polar surface area (TPSA) is 46.2 Å². The van der Waals surface area contributed by atoms with Crippen molar-refractivity contribution in [3.05, 3.63) is 35.9 Å². The Morgan fingerprint density at radius 1 is 1.19 bits per heavy atom. The maximum absolute atomic E-state index is 12.8. The van der Waals surface area contributed by atoms with E-state index in [0.717, 1.165) is 37.8 Å². The molecule has 3 nitrogen and oxygen atoms in total. The lowest BCUT2D eigenvalue weighted by Gasteiger charge is -2.35. The van der Waals surface area contributed by atoms with Crippen LogP contribution in [0.3, 0.4) is 0 Å². The van der Waals surface area contributed by atoms with Gasteiger partial charge in [-0.1, -0.05) is 44.2 Å². The molecular weight excluding hydrogens is 282 g/mol. The van der Waals surface area contributed by atoms with Gasteiger partial charge >= 0.3 is 0 Å². The lowest BCUT2D eigenvalue weighted by atomic mass is 9.87. The highest BCUT2D eigenvalue weighted by atomic mass is 32.2. The fraction of sp³-hybridized carbons (Fsp3) is 0.647. The van der Waals surface area contributed by atoms with Crippen LogP contribution in [0.25, 0.3) is 0 Å². The maximum Gasteiger partial charge on any atom is 0.158 e.